The lowest BCUT2D eigenvalue weighted by atomic mass is 9.91. The summed E-state index contributed by atoms with van der Waals surface area (Å²) in [5.74, 6) is 0.906. The molecule has 1 amide bonds. The van der Waals surface area contributed by atoms with Crippen LogP contribution in [0.3, 0.4) is 0 Å². The smallest absolute Gasteiger partial charge is 0.239 e. The fourth-order valence-corrected chi connectivity index (χ4v) is 4.38. The van der Waals surface area contributed by atoms with Crippen LogP contribution >= 0.6 is 48.0 Å². The number of hydrogen-bond acceptors (Lipinski definition) is 4. The van der Waals surface area contributed by atoms with Gasteiger partial charge >= 0.3 is 0 Å². The van der Waals surface area contributed by atoms with Crippen molar-refractivity contribution < 1.29 is 4.79 Å². The molecule has 5 nitrogen and oxygen atoms in total. The van der Waals surface area contributed by atoms with Crippen LogP contribution in [-0.2, 0) is 4.79 Å². The summed E-state index contributed by atoms with van der Waals surface area (Å²) in [6.07, 6.45) is 3.89. The van der Waals surface area contributed by atoms with Crippen molar-refractivity contribution in [2.24, 2.45) is 0 Å². The average Bonchev–Trinajstić information content (AvgIpc) is 2.76. The summed E-state index contributed by atoms with van der Waals surface area (Å²) in [6.45, 7) is 2.32. The molecule has 0 atom stereocenters. The van der Waals surface area contributed by atoms with Gasteiger partial charge in [0.15, 0.2) is 0 Å². The molecule has 1 heterocycles. The molecule has 3 N–H and O–H groups in total. The first-order chi connectivity index (χ1) is 15.0. The summed E-state index contributed by atoms with van der Waals surface area (Å²) in [4.78, 5) is 17.1. The molecule has 0 radical (unpaired) electrons. The van der Waals surface area contributed by atoms with Gasteiger partial charge in [-0.15, -0.1) is 24.8 Å². The lowest BCUT2D eigenvalue weighted by molar-refractivity contribution is -0.120. The van der Waals surface area contributed by atoms with Gasteiger partial charge in [0.2, 0.25) is 5.91 Å². The monoisotopic (exact) mass is 528 g/mol. The molecule has 0 spiro atoms. The van der Waals surface area contributed by atoms with Crippen LogP contribution in [0.2, 0.25) is 10.0 Å². The number of nitrogens with one attached hydrogen (secondary N) is 3. The number of para-hydroxylation sites is 1. The molecule has 0 saturated heterocycles. The molecule has 2 aromatic carbocycles. The van der Waals surface area contributed by atoms with Crippen molar-refractivity contribution in [1.82, 2.24) is 10.3 Å². The predicted octanol–water partition coefficient (Wildman–Crippen LogP) is 6.65. The Bertz CT molecular complexity index is 1090. The highest BCUT2D eigenvalue weighted by Gasteiger charge is 2.22. The molecular formula is C24H28Cl4N4O. The first-order valence-corrected chi connectivity index (χ1v) is 11.3. The number of aryl methyl sites for hydroxylation is 1. The largest absolute Gasteiger partial charge is 0.376 e. The number of benzene rings is 2. The van der Waals surface area contributed by atoms with E-state index in [2.05, 4.69) is 35.0 Å². The van der Waals surface area contributed by atoms with Crippen LogP contribution in [0.1, 0.15) is 31.2 Å². The number of pyridine rings is 1. The highest BCUT2D eigenvalue weighted by atomic mass is 35.5. The van der Waals surface area contributed by atoms with E-state index in [1.54, 1.807) is 18.2 Å². The van der Waals surface area contributed by atoms with Gasteiger partial charge in [-0.2, -0.15) is 0 Å². The number of aromatic nitrogens is 1. The fraction of sp³-hybridized carbons (Fsp3) is 0.333. The highest BCUT2D eigenvalue weighted by molar-refractivity contribution is 6.42. The molecule has 3 aromatic rings. The molecule has 0 bridgehead atoms. The van der Waals surface area contributed by atoms with Crippen molar-refractivity contribution in [2.45, 2.75) is 44.7 Å². The molecule has 9 heteroatoms. The fourth-order valence-electron chi connectivity index (χ4n) is 4.08. The highest BCUT2D eigenvalue weighted by Crippen LogP contribution is 2.26. The zero-order valence-corrected chi connectivity index (χ0v) is 21.4. The van der Waals surface area contributed by atoms with Gasteiger partial charge in [0.25, 0.3) is 0 Å². The third-order valence-electron chi connectivity index (χ3n) is 5.74. The average molecular weight is 530 g/mol. The van der Waals surface area contributed by atoms with Crippen LogP contribution in [0.15, 0.2) is 48.5 Å². The maximum Gasteiger partial charge on any atom is 0.239 e. The Kier molecular flexibility index (Phi) is 10.4. The van der Waals surface area contributed by atoms with Crippen LogP contribution in [0.25, 0.3) is 10.9 Å². The van der Waals surface area contributed by atoms with E-state index in [1.165, 1.54) is 10.9 Å². The first-order valence-electron chi connectivity index (χ1n) is 10.6. The second kappa shape index (κ2) is 12.5. The number of nitrogens with zero attached hydrogens (tertiary/aromatic N) is 1. The van der Waals surface area contributed by atoms with Crippen LogP contribution < -0.4 is 16.0 Å². The van der Waals surface area contributed by atoms with E-state index >= 15 is 0 Å². The number of hydrogen-bond donors (Lipinski definition) is 3. The number of halogens is 4. The summed E-state index contributed by atoms with van der Waals surface area (Å²) >= 11 is 11.9. The van der Waals surface area contributed by atoms with Gasteiger partial charge in [-0.3, -0.25) is 4.79 Å². The van der Waals surface area contributed by atoms with Crippen LogP contribution in [-0.4, -0.2) is 29.5 Å². The van der Waals surface area contributed by atoms with E-state index in [0.717, 1.165) is 42.7 Å². The van der Waals surface area contributed by atoms with Crippen molar-refractivity contribution in [1.29, 1.82) is 0 Å². The molecule has 0 unspecified atom stereocenters. The van der Waals surface area contributed by atoms with E-state index in [4.69, 9.17) is 28.2 Å². The van der Waals surface area contributed by atoms with E-state index in [-0.39, 0.29) is 43.3 Å². The molecule has 0 aliphatic heterocycles. The molecular weight excluding hydrogens is 502 g/mol. The number of anilines is 2. The van der Waals surface area contributed by atoms with Crippen molar-refractivity contribution in [2.75, 3.05) is 17.2 Å². The summed E-state index contributed by atoms with van der Waals surface area (Å²) in [5.41, 5.74) is 3.01. The van der Waals surface area contributed by atoms with E-state index in [1.807, 2.05) is 18.2 Å². The minimum atomic E-state index is -0.0192. The molecule has 1 saturated carbocycles. The van der Waals surface area contributed by atoms with E-state index in [0.29, 0.717) is 16.1 Å². The Balaban J connectivity index is 0.00000193. The Morgan fingerprint density at radius 1 is 0.970 bits per heavy atom. The maximum absolute atomic E-state index is 12.3. The van der Waals surface area contributed by atoms with Gasteiger partial charge in [-0.1, -0.05) is 41.4 Å². The quantitative estimate of drug-likeness (QED) is 0.334. The van der Waals surface area contributed by atoms with Crippen molar-refractivity contribution in [3.8, 4) is 0 Å². The molecule has 4 rings (SSSR count). The topological polar surface area (TPSA) is 66.0 Å². The van der Waals surface area contributed by atoms with Crippen molar-refractivity contribution >= 4 is 76.3 Å². The molecule has 1 aliphatic rings. The number of carbonyl (C=O) groups is 1. The standard InChI is InChI=1S/C24H26Cl2N4O.2ClH/c1-15-12-23(30-22-5-3-2-4-19(15)22)28-16-6-8-17(9-7-16)29-24(31)14-27-18-10-11-20(25)21(26)13-18;;/h2-5,10-13,16-17,27H,6-9,14H2,1H3,(H,28,30)(H,29,31);2*1H/t16-,17+;;. The van der Waals surface area contributed by atoms with Gasteiger partial charge in [0, 0.05) is 23.2 Å². The number of fused-ring (bicyclic) bond motifs is 1. The number of rotatable bonds is 6. The third-order valence-corrected chi connectivity index (χ3v) is 6.48. The zero-order chi connectivity index (χ0) is 21.8. The lowest BCUT2D eigenvalue weighted by Crippen LogP contribution is -2.42. The van der Waals surface area contributed by atoms with Gasteiger partial charge < -0.3 is 16.0 Å². The second-order valence-corrected chi connectivity index (χ2v) is 8.90. The number of carbonyl (C=O) groups excluding carboxylic acids is 1. The normalized spacial score (nSPS) is 17.4. The van der Waals surface area contributed by atoms with Gasteiger partial charge in [0.05, 0.1) is 22.1 Å². The second-order valence-electron chi connectivity index (χ2n) is 8.08. The summed E-state index contributed by atoms with van der Waals surface area (Å²) in [5, 5.41) is 12.0. The Morgan fingerprint density at radius 2 is 1.67 bits per heavy atom. The third kappa shape index (κ3) is 7.28. The minimum absolute atomic E-state index is 0. The summed E-state index contributed by atoms with van der Waals surface area (Å²) < 4.78 is 0. The first kappa shape index (κ1) is 27.3. The maximum atomic E-state index is 12.3. The van der Waals surface area contributed by atoms with Gasteiger partial charge in [-0.25, -0.2) is 4.98 Å². The molecule has 1 aromatic heterocycles. The van der Waals surface area contributed by atoms with E-state index in [9.17, 15) is 4.79 Å². The van der Waals surface area contributed by atoms with Gasteiger partial charge in [-0.05, 0) is 68.5 Å². The minimum Gasteiger partial charge on any atom is -0.376 e. The molecule has 1 fully saturated rings. The lowest BCUT2D eigenvalue weighted by Gasteiger charge is -2.30. The Hall–Kier alpha value is -1.92. The van der Waals surface area contributed by atoms with Gasteiger partial charge in [0.1, 0.15) is 5.82 Å². The molecule has 33 heavy (non-hydrogen) atoms. The summed E-state index contributed by atoms with van der Waals surface area (Å²) in [6, 6.07) is 16.1. The molecule has 1 aliphatic carbocycles. The Labute approximate surface area is 216 Å². The predicted molar refractivity (Wildman–Crippen MR) is 144 cm³/mol. The van der Waals surface area contributed by atoms with Crippen LogP contribution in [0, 0.1) is 6.92 Å². The van der Waals surface area contributed by atoms with E-state index < -0.39 is 0 Å². The van der Waals surface area contributed by atoms with Crippen molar-refractivity contribution in [3.63, 3.8) is 0 Å². The molecule has 178 valence electrons. The number of amides is 1. The summed E-state index contributed by atoms with van der Waals surface area (Å²) in [7, 11) is 0. The van der Waals surface area contributed by atoms with Crippen LogP contribution in [0.4, 0.5) is 11.5 Å². The van der Waals surface area contributed by atoms with Crippen LogP contribution in [0.5, 0.6) is 0 Å². The SMILES string of the molecule is Cc1cc(N[C@H]2CC[C@@H](NC(=O)CNc3ccc(Cl)c(Cl)c3)CC2)nc2ccccc12.Cl.Cl. The zero-order valence-electron chi connectivity index (χ0n) is 18.2. The Morgan fingerprint density at radius 3 is 2.39 bits per heavy atom. The van der Waals surface area contributed by atoms with Crippen molar-refractivity contribution in [3.05, 3.63) is 64.1 Å².